The standard InChI is InChI=1S/C17H14F3N5O/c18-17(19,20)15-23-16-21-8-7-13(25(16)24-15)11-3-1-10(2-4-11)9-22-14(26)12-5-6-12/h1-4,7-8,12H,5-6,9H2,(H,22,26). The molecule has 1 amide bonds. The minimum atomic E-state index is -4.63. The summed E-state index contributed by atoms with van der Waals surface area (Å²) in [6.45, 7) is 0.420. The molecule has 0 aliphatic heterocycles. The highest BCUT2D eigenvalue weighted by Crippen LogP contribution is 2.29. The second-order valence-electron chi connectivity index (χ2n) is 6.16. The number of halogens is 3. The molecule has 6 nitrogen and oxygen atoms in total. The number of carbonyl (C=O) groups excluding carboxylic acids is 1. The maximum absolute atomic E-state index is 12.8. The number of fused-ring (bicyclic) bond motifs is 1. The Labute approximate surface area is 146 Å². The van der Waals surface area contributed by atoms with Gasteiger partial charge in [-0.3, -0.25) is 4.79 Å². The van der Waals surface area contributed by atoms with Gasteiger partial charge in [-0.1, -0.05) is 24.3 Å². The van der Waals surface area contributed by atoms with Gasteiger partial charge in [0.2, 0.25) is 5.91 Å². The number of carbonyl (C=O) groups is 1. The molecule has 1 saturated carbocycles. The Morgan fingerprint density at radius 3 is 2.58 bits per heavy atom. The lowest BCUT2D eigenvalue weighted by Gasteiger charge is -2.07. The van der Waals surface area contributed by atoms with E-state index in [1.165, 1.54) is 6.20 Å². The van der Waals surface area contributed by atoms with E-state index < -0.39 is 12.0 Å². The Kier molecular flexibility index (Phi) is 3.86. The van der Waals surface area contributed by atoms with E-state index in [4.69, 9.17) is 0 Å². The van der Waals surface area contributed by atoms with Crippen LogP contribution in [0.1, 0.15) is 24.2 Å². The van der Waals surface area contributed by atoms with Crippen LogP contribution in [0.2, 0.25) is 0 Å². The first-order chi connectivity index (χ1) is 12.4. The van der Waals surface area contributed by atoms with Gasteiger partial charge >= 0.3 is 6.18 Å². The van der Waals surface area contributed by atoms with Crippen molar-refractivity contribution in [1.82, 2.24) is 24.9 Å². The average molecular weight is 361 g/mol. The van der Waals surface area contributed by atoms with E-state index in [2.05, 4.69) is 20.4 Å². The molecule has 0 atom stereocenters. The zero-order valence-corrected chi connectivity index (χ0v) is 13.5. The van der Waals surface area contributed by atoms with E-state index in [0.717, 1.165) is 22.9 Å². The number of nitrogens with one attached hydrogen (secondary N) is 1. The predicted molar refractivity (Wildman–Crippen MR) is 85.8 cm³/mol. The third-order valence-corrected chi connectivity index (χ3v) is 4.16. The van der Waals surface area contributed by atoms with E-state index in [1.807, 2.05) is 12.1 Å². The topological polar surface area (TPSA) is 72.2 Å². The maximum atomic E-state index is 12.8. The molecular formula is C17H14F3N5O. The summed E-state index contributed by atoms with van der Waals surface area (Å²) in [5.74, 6) is -1.13. The minimum Gasteiger partial charge on any atom is -0.352 e. The van der Waals surface area contributed by atoms with Gasteiger partial charge in [-0.2, -0.15) is 22.7 Å². The first-order valence-corrected chi connectivity index (χ1v) is 8.08. The number of nitrogens with zero attached hydrogens (tertiary/aromatic N) is 4. The second kappa shape index (κ2) is 6.08. The number of amides is 1. The van der Waals surface area contributed by atoms with E-state index in [1.54, 1.807) is 18.2 Å². The summed E-state index contributed by atoms with van der Waals surface area (Å²) in [7, 11) is 0. The Balaban J connectivity index is 1.58. The van der Waals surface area contributed by atoms with Gasteiger partial charge in [-0.25, -0.2) is 4.98 Å². The normalized spacial score (nSPS) is 14.6. The average Bonchev–Trinajstić information content (AvgIpc) is 3.37. The van der Waals surface area contributed by atoms with Crippen molar-refractivity contribution in [3.63, 3.8) is 0 Å². The van der Waals surface area contributed by atoms with Crippen molar-refractivity contribution in [3.05, 3.63) is 47.9 Å². The summed E-state index contributed by atoms with van der Waals surface area (Å²) in [6.07, 6.45) is -1.35. The monoisotopic (exact) mass is 361 g/mol. The van der Waals surface area contributed by atoms with Crippen LogP contribution >= 0.6 is 0 Å². The fourth-order valence-corrected chi connectivity index (χ4v) is 2.61. The number of alkyl halides is 3. The van der Waals surface area contributed by atoms with Gasteiger partial charge < -0.3 is 5.32 Å². The molecule has 1 aliphatic rings. The highest BCUT2D eigenvalue weighted by molar-refractivity contribution is 5.80. The van der Waals surface area contributed by atoms with Crippen LogP contribution in [0.15, 0.2) is 36.5 Å². The Bertz CT molecular complexity index is 961. The van der Waals surface area contributed by atoms with Gasteiger partial charge in [0.25, 0.3) is 11.6 Å². The van der Waals surface area contributed by atoms with Crippen molar-refractivity contribution in [2.45, 2.75) is 25.6 Å². The molecule has 2 heterocycles. The molecule has 134 valence electrons. The molecule has 1 fully saturated rings. The van der Waals surface area contributed by atoms with Crippen LogP contribution in [0.4, 0.5) is 13.2 Å². The molecule has 0 spiro atoms. The number of benzene rings is 1. The van der Waals surface area contributed by atoms with Crippen molar-refractivity contribution in [2.75, 3.05) is 0 Å². The van der Waals surface area contributed by atoms with Gasteiger partial charge in [-0.15, -0.1) is 5.10 Å². The fraction of sp³-hybridized carbons (Fsp3) is 0.294. The lowest BCUT2D eigenvalue weighted by atomic mass is 10.1. The molecule has 1 N–H and O–H groups in total. The third-order valence-electron chi connectivity index (χ3n) is 4.16. The lowest BCUT2D eigenvalue weighted by molar-refractivity contribution is -0.144. The molecule has 26 heavy (non-hydrogen) atoms. The fourth-order valence-electron chi connectivity index (χ4n) is 2.61. The van der Waals surface area contributed by atoms with Crippen LogP contribution in [0.3, 0.4) is 0 Å². The summed E-state index contributed by atoms with van der Waals surface area (Å²) in [4.78, 5) is 18.9. The van der Waals surface area contributed by atoms with Gasteiger partial charge in [0.1, 0.15) is 0 Å². The molecule has 0 bridgehead atoms. The molecule has 9 heteroatoms. The molecule has 3 aromatic rings. The molecule has 2 aromatic heterocycles. The van der Waals surface area contributed by atoms with Crippen molar-refractivity contribution in [2.24, 2.45) is 5.92 Å². The first-order valence-electron chi connectivity index (χ1n) is 8.08. The smallest absolute Gasteiger partial charge is 0.352 e. The van der Waals surface area contributed by atoms with E-state index >= 15 is 0 Å². The van der Waals surface area contributed by atoms with Crippen LogP contribution in [0, 0.1) is 5.92 Å². The van der Waals surface area contributed by atoms with Crippen LogP contribution < -0.4 is 5.32 Å². The highest BCUT2D eigenvalue weighted by Gasteiger charge is 2.36. The van der Waals surface area contributed by atoms with Crippen molar-refractivity contribution in [3.8, 4) is 11.3 Å². The molecule has 0 saturated heterocycles. The zero-order chi connectivity index (χ0) is 18.3. The van der Waals surface area contributed by atoms with Gasteiger partial charge in [0.05, 0.1) is 5.69 Å². The summed E-state index contributed by atoms with van der Waals surface area (Å²) >= 11 is 0. The molecule has 1 aromatic carbocycles. The highest BCUT2D eigenvalue weighted by atomic mass is 19.4. The predicted octanol–water partition coefficient (Wildman–Crippen LogP) is 2.84. The largest absolute Gasteiger partial charge is 0.453 e. The summed E-state index contributed by atoms with van der Waals surface area (Å²) < 4.78 is 39.5. The van der Waals surface area contributed by atoms with E-state index in [-0.39, 0.29) is 17.6 Å². The quantitative estimate of drug-likeness (QED) is 0.776. The van der Waals surface area contributed by atoms with Gasteiger partial charge in [0, 0.05) is 24.2 Å². The lowest BCUT2D eigenvalue weighted by Crippen LogP contribution is -2.24. The van der Waals surface area contributed by atoms with Gasteiger partial charge in [-0.05, 0) is 24.5 Å². The molecule has 1 aliphatic carbocycles. The first kappa shape index (κ1) is 16.5. The van der Waals surface area contributed by atoms with Crippen LogP contribution in [-0.2, 0) is 17.5 Å². The molecule has 0 unspecified atom stereocenters. The third kappa shape index (κ3) is 3.24. The summed E-state index contributed by atoms with van der Waals surface area (Å²) in [5.41, 5.74) is 2.03. The Morgan fingerprint density at radius 2 is 1.92 bits per heavy atom. The van der Waals surface area contributed by atoms with E-state index in [0.29, 0.717) is 17.8 Å². The number of aromatic nitrogens is 4. The second-order valence-corrected chi connectivity index (χ2v) is 6.16. The number of hydrogen-bond acceptors (Lipinski definition) is 4. The van der Waals surface area contributed by atoms with Crippen LogP contribution in [0.25, 0.3) is 17.0 Å². The van der Waals surface area contributed by atoms with Crippen LogP contribution in [-0.4, -0.2) is 25.5 Å². The molecule has 4 rings (SSSR count). The van der Waals surface area contributed by atoms with Crippen LogP contribution in [0.5, 0.6) is 0 Å². The minimum absolute atomic E-state index is 0.0622. The Morgan fingerprint density at radius 1 is 1.19 bits per heavy atom. The van der Waals surface area contributed by atoms with Crippen molar-refractivity contribution >= 4 is 11.7 Å². The number of hydrogen-bond donors (Lipinski definition) is 1. The maximum Gasteiger partial charge on any atom is 0.453 e. The molecule has 0 radical (unpaired) electrons. The SMILES string of the molecule is O=C(NCc1ccc(-c2ccnc3nc(C(F)(F)F)nn23)cc1)C1CC1. The summed E-state index contributed by atoms with van der Waals surface area (Å²) in [6, 6.07) is 8.74. The van der Waals surface area contributed by atoms with Crippen molar-refractivity contribution in [1.29, 1.82) is 0 Å². The van der Waals surface area contributed by atoms with E-state index in [9.17, 15) is 18.0 Å². The van der Waals surface area contributed by atoms with Crippen molar-refractivity contribution < 1.29 is 18.0 Å². The molecular weight excluding hydrogens is 347 g/mol. The van der Waals surface area contributed by atoms with Gasteiger partial charge in [0.15, 0.2) is 0 Å². The zero-order valence-electron chi connectivity index (χ0n) is 13.5. The number of rotatable bonds is 4. The Hall–Kier alpha value is -2.97. The summed E-state index contributed by atoms with van der Waals surface area (Å²) in [5, 5.41) is 6.40.